The molecule has 0 spiro atoms. The summed E-state index contributed by atoms with van der Waals surface area (Å²) in [5, 5.41) is 15.0. The molecule has 2 aromatic rings. The van der Waals surface area contributed by atoms with Gasteiger partial charge in [0.25, 0.3) is 5.91 Å². The van der Waals surface area contributed by atoms with Crippen LogP contribution in [0.3, 0.4) is 0 Å². The normalized spacial score (nSPS) is 18.5. The van der Waals surface area contributed by atoms with Crippen molar-refractivity contribution in [3.05, 3.63) is 54.1 Å². The minimum Gasteiger partial charge on any atom is -0.495 e. The lowest BCUT2D eigenvalue weighted by molar-refractivity contribution is -0.147. The number of carbonyl (C=O) groups is 3. The molecular formula is C22H24N2O5. The molecule has 0 bridgehead atoms. The number of amides is 2. The van der Waals surface area contributed by atoms with Gasteiger partial charge in [-0.15, -0.1) is 0 Å². The first kappa shape index (κ1) is 20.4. The van der Waals surface area contributed by atoms with Gasteiger partial charge in [0.2, 0.25) is 5.91 Å². The first-order valence-corrected chi connectivity index (χ1v) is 9.58. The molecule has 0 heterocycles. The summed E-state index contributed by atoms with van der Waals surface area (Å²) < 4.78 is 5.25. The van der Waals surface area contributed by atoms with Crippen LogP contribution in [0.4, 0.5) is 11.4 Å². The highest BCUT2D eigenvalue weighted by Gasteiger charge is 2.36. The maximum atomic E-state index is 12.8. The molecule has 2 aromatic carbocycles. The molecule has 29 heavy (non-hydrogen) atoms. The van der Waals surface area contributed by atoms with Crippen LogP contribution < -0.4 is 15.4 Å². The average Bonchev–Trinajstić information content (AvgIpc) is 2.74. The highest BCUT2D eigenvalue weighted by molar-refractivity contribution is 6.11. The third-order valence-corrected chi connectivity index (χ3v) is 5.20. The summed E-state index contributed by atoms with van der Waals surface area (Å²) in [5.41, 5.74) is 1.15. The van der Waals surface area contributed by atoms with E-state index in [-0.39, 0.29) is 11.5 Å². The van der Waals surface area contributed by atoms with Crippen LogP contribution >= 0.6 is 0 Å². The minimum absolute atomic E-state index is 0.287. The monoisotopic (exact) mass is 396 g/mol. The number of hydrogen-bond acceptors (Lipinski definition) is 4. The molecule has 7 nitrogen and oxygen atoms in total. The lowest BCUT2D eigenvalue weighted by Crippen LogP contribution is -2.36. The third kappa shape index (κ3) is 4.74. The minimum atomic E-state index is -0.952. The maximum Gasteiger partial charge on any atom is 0.307 e. The van der Waals surface area contributed by atoms with Crippen molar-refractivity contribution in [2.45, 2.75) is 25.7 Å². The van der Waals surface area contributed by atoms with E-state index in [9.17, 15) is 19.5 Å². The van der Waals surface area contributed by atoms with Crippen LogP contribution in [-0.4, -0.2) is 30.0 Å². The molecular weight excluding hydrogens is 372 g/mol. The first-order chi connectivity index (χ1) is 14.0. The van der Waals surface area contributed by atoms with Gasteiger partial charge in [0, 0.05) is 0 Å². The van der Waals surface area contributed by atoms with E-state index >= 15 is 0 Å². The van der Waals surface area contributed by atoms with E-state index in [1.807, 2.05) is 0 Å². The van der Waals surface area contributed by atoms with Crippen LogP contribution in [0.2, 0.25) is 0 Å². The number of rotatable bonds is 6. The van der Waals surface area contributed by atoms with Crippen LogP contribution in [0.1, 0.15) is 36.0 Å². The molecule has 0 saturated heterocycles. The zero-order valence-electron chi connectivity index (χ0n) is 16.2. The molecule has 0 aliphatic heterocycles. The summed E-state index contributed by atoms with van der Waals surface area (Å²) in [4.78, 5) is 37.1. The van der Waals surface area contributed by atoms with Crippen molar-refractivity contribution in [3.63, 3.8) is 0 Å². The molecule has 2 amide bonds. The van der Waals surface area contributed by atoms with Gasteiger partial charge in [0.05, 0.1) is 35.9 Å². The van der Waals surface area contributed by atoms with E-state index < -0.39 is 23.7 Å². The number of carboxylic acids is 1. The van der Waals surface area contributed by atoms with Gasteiger partial charge in [0.1, 0.15) is 5.75 Å². The zero-order chi connectivity index (χ0) is 20.8. The molecule has 3 N–H and O–H groups in total. The van der Waals surface area contributed by atoms with E-state index in [2.05, 4.69) is 10.6 Å². The van der Waals surface area contributed by atoms with Gasteiger partial charge in [-0.1, -0.05) is 37.1 Å². The number of ether oxygens (including phenoxy) is 1. The zero-order valence-corrected chi connectivity index (χ0v) is 16.2. The van der Waals surface area contributed by atoms with Crippen molar-refractivity contribution in [1.82, 2.24) is 0 Å². The fraction of sp³-hybridized carbons (Fsp3) is 0.318. The van der Waals surface area contributed by atoms with Crippen molar-refractivity contribution >= 4 is 29.2 Å². The summed E-state index contributed by atoms with van der Waals surface area (Å²) in [7, 11) is 1.52. The Balaban J connectivity index is 1.79. The number of aliphatic carboxylic acids is 1. The predicted molar refractivity (Wildman–Crippen MR) is 109 cm³/mol. The Morgan fingerprint density at radius 1 is 0.897 bits per heavy atom. The quantitative estimate of drug-likeness (QED) is 0.689. The fourth-order valence-electron chi connectivity index (χ4n) is 3.69. The Bertz CT molecular complexity index is 912. The second-order valence-corrected chi connectivity index (χ2v) is 7.02. The molecule has 3 rings (SSSR count). The van der Waals surface area contributed by atoms with Crippen LogP contribution in [0.25, 0.3) is 0 Å². The van der Waals surface area contributed by atoms with Crippen molar-refractivity contribution in [2.75, 3.05) is 17.7 Å². The summed E-state index contributed by atoms with van der Waals surface area (Å²) in [6.07, 6.45) is 2.64. The number of benzene rings is 2. The van der Waals surface area contributed by atoms with Gasteiger partial charge < -0.3 is 20.5 Å². The van der Waals surface area contributed by atoms with Crippen molar-refractivity contribution in [2.24, 2.45) is 11.8 Å². The van der Waals surface area contributed by atoms with Gasteiger partial charge in [-0.05, 0) is 37.1 Å². The highest BCUT2D eigenvalue weighted by atomic mass is 16.5. The standard InChI is InChI=1S/C22H24N2O5/c1-29-19-13-7-6-12-18(19)24-21(26)16-10-4-5-11-17(16)23-20(25)14-8-2-3-9-15(14)22(27)28/h4-7,10-15H,2-3,8-9H2,1H3,(H,23,25)(H,24,26)(H,27,28)/t14-,15-/m1/s1. The molecule has 152 valence electrons. The Hall–Kier alpha value is -3.35. The van der Waals surface area contributed by atoms with Crippen molar-refractivity contribution < 1.29 is 24.2 Å². The molecule has 2 atom stereocenters. The van der Waals surface area contributed by atoms with Gasteiger partial charge >= 0.3 is 5.97 Å². The summed E-state index contributed by atoms with van der Waals surface area (Å²) in [6.45, 7) is 0. The second kappa shape index (κ2) is 9.23. The molecule has 0 radical (unpaired) electrons. The number of anilines is 2. The lowest BCUT2D eigenvalue weighted by Gasteiger charge is -2.27. The molecule has 1 saturated carbocycles. The molecule has 1 aliphatic carbocycles. The Kier molecular flexibility index (Phi) is 6.49. The summed E-state index contributed by atoms with van der Waals surface area (Å²) in [5.74, 6) is -2.50. The maximum absolute atomic E-state index is 12.8. The smallest absolute Gasteiger partial charge is 0.307 e. The average molecular weight is 396 g/mol. The third-order valence-electron chi connectivity index (χ3n) is 5.20. The topological polar surface area (TPSA) is 105 Å². The Morgan fingerprint density at radius 3 is 2.21 bits per heavy atom. The van der Waals surface area contributed by atoms with Gasteiger partial charge in [-0.3, -0.25) is 14.4 Å². The van der Waals surface area contributed by atoms with E-state index in [0.29, 0.717) is 30.0 Å². The Labute approximate surface area is 169 Å². The number of nitrogens with one attached hydrogen (secondary N) is 2. The number of para-hydroxylation sites is 3. The highest BCUT2D eigenvalue weighted by Crippen LogP contribution is 2.32. The van der Waals surface area contributed by atoms with Crippen molar-refractivity contribution in [1.29, 1.82) is 0 Å². The van der Waals surface area contributed by atoms with E-state index in [0.717, 1.165) is 12.8 Å². The Morgan fingerprint density at radius 2 is 1.52 bits per heavy atom. The fourth-order valence-corrected chi connectivity index (χ4v) is 3.69. The molecule has 1 aliphatic rings. The van der Waals surface area contributed by atoms with Gasteiger partial charge in [-0.25, -0.2) is 0 Å². The van der Waals surface area contributed by atoms with Gasteiger partial charge in [0.15, 0.2) is 0 Å². The molecule has 7 heteroatoms. The predicted octanol–water partition coefficient (Wildman–Crippen LogP) is 3.78. The number of hydrogen-bond donors (Lipinski definition) is 3. The molecule has 0 unspecified atom stereocenters. The van der Waals surface area contributed by atoms with Crippen LogP contribution in [0.5, 0.6) is 5.75 Å². The van der Waals surface area contributed by atoms with E-state index in [4.69, 9.17) is 4.74 Å². The largest absolute Gasteiger partial charge is 0.495 e. The van der Waals surface area contributed by atoms with Crippen LogP contribution in [0.15, 0.2) is 48.5 Å². The second-order valence-electron chi connectivity index (χ2n) is 7.02. The van der Waals surface area contributed by atoms with E-state index in [1.54, 1.807) is 48.5 Å². The number of methoxy groups -OCH3 is 1. The molecule has 0 aromatic heterocycles. The number of carbonyl (C=O) groups excluding carboxylic acids is 2. The summed E-state index contributed by atoms with van der Waals surface area (Å²) >= 11 is 0. The van der Waals surface area contributed by atoms with E-state index in [1.165, 1.54) is 7.11 Å². The lowest BCUT2D eigenvalue weighted by atomic mass is 9.78. The SMILES string of the molecule is COc1ccccc1NC(=O)c1ccccc1NC(=O)[C@@H]1CCCC[C@H]1C(=O)O. The van der Waals surface area contributed by atoms with Gasteiger partial charge in [-0.2, -0.15) is 0 Å². The summed E-state index contributed by atoms with van der Waals surface area (Å²) in [6, 6.07) is 13.7. The first-order valence-electron chi connectivity index (χ1n) is 9.58. The van der Waals surface area contributed by atoms with Crippen LogP contribution in [-0.2, 0) is 9.59 Å². The number of carboxylic acid groups (broad SMARTS) is 1. The van der Waals surface area contributed by atoms with Crippen LogP contribution in [0, 0.1) is 11.8 Å². The van der Waals surface area contributed by atoms with Crippen molar-refractivity contribution in [3.8, 4) is 5.75 Å². The molecule has 1 fully saturated rings.